The monoisotopic (exact) mass is 749 g/mol. The number of methoxy groups -OCH3 is 1. The molecule has 0 aromatic heterocycles. The van der Waals surface area contributed by atoms with Crippen molar-refractivity contribution >= 4 is 5.97 Å². The quantitative estimate of drug-likeness (QED) is 0.197. The zero-order valence-corrected chi connectivity index (χ0v) is 34.1. The maximum Gasteiger partial charge on any atom is 0.311 e. The number of hydrogen-bond donors (Lipinski definition) is 6. The molecule has 52 heavy (non-hydrogen) atoms. The Bertz CT molecular complexity index is 1140. The molecule has 14 nitrogen and oxygen atoms in total. The Morgan fingerprint density at radius 2 is 1.54 bits per heavy atom. The van der Waals surface area contributed by atoms with Crippen molar-refractivity contribution < 1.29 is 58.7 Å². The molecule has 0 aliphatic carbocycles. The van der Waals surface area contributed by atoms with Crippen LogP contribution in [0.1, 0.15) is 94.9 Å². The number of esters is 1. The summed E-state index contributed by atoms with van der Waals surface area (Å²) >= 11 is 0. The third-order valence-electron chi connectivity index (χ3n) is 12.4. The SMILES string of the molecule is CCC1OC(=O)[C@H](C)C(O[C@H]2C[C@@](C)(OC)[C@@H](O)[C@H](C)O2)[C@H](C)[C@@H](O[C@@H]2O[C@H](C)C[C@H](N(C)C)[C@H]2O)[C@](C)(O)C[C@@H](C)[C@H](NC)[C@H](C)[C@@H](O)[C@]1(C)O. The van der Waals surface area contributed by atoms with Crippen molar-refractivity contribution in [3.63, 3.8) is 0 Å². The molecule has 3 fully saturated rings. The summed E-state index contributed by atoms with van der Waals surface area (Å²) < 4.78 is 37.5. The molecule has 3 aliphatic rings. The first-order chi connectivity index (χ1) is 24.0. The molecule has 19 atom stereocenters. The van der Waals surface area contributed by atoms with Crippen LogP contribution in [0.15, 0.2) is 0 Å². The standard InChI is InChI=1S/C38H72N2O12/c1-15-26-38(10,46)31(42)21(4)28(39-11)19(2)17-36(8,45)33(52-35-29(41)25(40(12)13)16-20(3)48-35)22(5)30(23(6)34(44)50-26)51-27-18-37(9,47-14)32(43)24(7)49-27/h19-33,35,39,41-43,45-46H,15-18H2,1-14H3/t19-,20-,21+,22+,23-,24+,25+,26?,27+,28+,29-,30?,31-,32+,33-,35+,36-,37-,38-/m1/s1. The lowest BCUT2D eigenvalue weighted by Crippen LogP contribution is -2.62. The van der Waals surface area contributed by atoms with Crippen molar-refractivity contribution in [2.24, 2.45) is 23.7 Å². The first-order valence-corrected chi connectivity index (χ1v) is 19.2. The number of rotatable bonds is 8. The van der Waals surface area contributed by atoms with Gasteiger partial charge in [-0.05, 0) is 87.9 Å². The minimum Gasteiger partial charge on any atom is -0.459 e. The zero-order chi connectivity index (χ0) is 39.7. The van der Waals surface area contributed by atoms with Crippen LogP contribution in [0.25, 0.3) is 0 Å². The van der Waals surface area contributed by atoms with E-state index in [0.717, 1.165) is 0 Å². The molecule has 6 N–H and O–H groups in total. The van der Waals surface area contributed by atoms with Crippen LogP contribution in [0.3, 0.4) is 0 Å². The average Bonchev–Trinajstić information content (AvgIpc) is 3.06. The molecule has 0 spiro atoms. The minimum absolute atomic E-state index is 0.131. The molecule has 3 saturated heterocycles. The van der Waals surface area contributed by atoms with E-state index in [2.05, 4.69) is 5.32 Å². The van der Waals surface area contributed by atoms with Crippen molar-refractivity contribution in [3.05, 3.63) is 0 Å². The molecule has 3 heterocycles. The van der Waals surface area contributed by atoms with E-state index in [4.69, 9.17) is 28.4 Å². The van der Waals surface area contributed by atoms with Gasteiger partial charge in [-0.15, -0.1) is 0 Å². The van der Waals surface area contributed by atoms with E-state index in [1.54, 1.807) is 41.7 Å². The molecule has 0 aromatic rings. The average molecular weight is 749 g/mol. The number of nitrogens with one attached hydrogen (secondary N) is 1. The van der Waals surface area contributed by atoms with Crippen LogP contribution in [0.5, 0.6) is 0 Å². The fourth-order valence-corrected chi connectivity index (χ4v) is 9.15. The molecule has 3 rings (SSSR count). The Morgan fingerprint density at radius 3 is 2.08 bits per heavy atom. The van der Waals surface area contributed by atoms with E-state index < -0.39 is 102 Å². The fourth-order valence-electron chi connectivity index (χ4n) is 9.15. The van der Waals surface area contributed by atoms with E-state index in [1.807, 2.05) is 46.7 Å². The highest BCUT2D eigenvalue weighted by molar-refractivity contribution is 5.73. The van der Waals surface area contributed by atoms with Gasteiger partial charge in [0.1, 0.15) is 23.9 Å². The van der Waals surface area contributed by atoms with E-state index in [1.165, 1.54) is 14.0 Å². The second kappa shape index (κ2) is 17.8. The van der Waals surface area contributed by atoms with Gasteiger partial charge in [-0.3, -0.25) is 4.79 Å². The molecular formula is C38H72N2O12. The number of carbonyl (C=O) groups excluding carboxylic acids is 1. The van der Waals surface area contributed by atoms with E-state index in [9.17, 15) is 30.3 Å². The van der Waals surface area contributed by atoms with Crippen molar-refractivity contribution in [2.45, 2.75) is 185 Å². The first-order valence-electron chi connectivity index (χ1n) is 19.2. The van der Waals surface area contributed by atoms with E-state index in [-0.39, 0.29) is 37.3 Å². The van der Waals surface area contributed by atoms with Crippen molar-refractivity contribution in [1.82, 2.24) is 10.2 Å². The highest BCUT2D eigenvalue weighted by Crippen LogP contribution is 2.41. The molecular weight excluding hydrogens is 676 g/mol. The fraction of sp³-hybridized carbons (Fsp3) is 0.974. The number of hydrogen-bond acceptors (Lipinski definition) is 14. The molecule has 0 aromatic carbocycles. The topological polar surface area (TPSA) is 189 Å². The third-order valence-corrected chi connectivity index (χ3v) is 12.4. The lowest BCUT2D eigenvalue weighted by atomic mass is 9.72. The molecule has 306 valence electrons. The lowest BCUT2D eigenvalue weighted by Gasteiger charge is -2.49. The predicted molar refractivity (Wildman–Crippen MR) is 194 cm³/mol. The van der Waals surface area contributed by atoms with E-state index >= 15 is 0 Å². The largest absolute Gasteiger partial charge is 0.459 e. The van der Waals surface area contributed by atoms with Gasteiger partial charge in [0.25, 0.3) is 0 Å². The second-order valence-corrected chi connectivity index (χ2v) is 17.0. The zero-order valence-electron chi connectivity index (χ0n) is 34.1. The van der Waals surface area contributed by atoms with Crippen LogP contribution < -0.4 is 5.32 Å². The highest BCUT2D eigenvalue weighted by Gasteiger charge is 2.53. The van der Waals surface area contributed by atoms with E-state index in [0.29, 0.717) is 6.42 Å². The van der Waals surface area contributed by atoms with Gasteiger partial charge in [-0.1, -0.05) is 27.7 Å². The van der Waals surface area contributed by atoms with Gasteiger partial charge in [0.2, 0.25) is 0 Å². The maximum absolute atomic E-state index is 14.2. The number of cyclic esters (lactones) is 1. The number of aliphatic hydroxyl groups is 5. The summed E-state index contributed by atoms with van der Waals surface area (Å²) in [5, 5.41) is 61.8. The van der Waals surface area contributed by atoms with Crippen LogP contribution in [-0.2, 0) is 33.2 Å². The van der Waals surface area contributed by atoms with Gasteiger partial charge in [0.05, 0.1) is 47.6 Å². The summed E-state index contributed by atoms with van der Waals surface area (Å²) in [6.45, 7) is 17.5. The highest BCUT2D eigenvalue weighted by atomic mass is 16.7. The predicted octanol–water partition coefficient (Wildman–Crippen LogP) is 1.80. The minimum atomic E-state index is -1.81. The summed E-state index contributed by atoms with van der Waals surface area (Å²) in [6.07, 6.45) is -8.37. The third kappa shape index (κ3) is 9.67. The smallest absolute Gasteiger partial charge is 0.311 e. The van der Waals surface area contributed by atoms with Gasteiger partial charge in [-0.2, -0.15) is 0 Å². The molecule has 0 amide bonds. The van der Waals surface area contributed by atoms with Gasteiger partial charge in [-0.25, -0.2) is 0 Å². The number of ether oxygens (including phenoxy) is 6. The maximum atomic E-state index is 14.2. The van der Waals surface area contributed by atoms with Crippen LogP contribution in [0.2, 0.25) is 0 Å². The van der Waals surface area contributed by atoms with Gasteiger partial charge in [0.15, 0.2) is 12.6 Å². The molecule has 2 unspecified atom stereocenters. The normalized spacial score (nSPS) is 50.4. The van der Waals surface area contributed by atoms with Gasteiger partial charge < -0.3 is 64.2 Å². The number of nitrogens with zero attached hydrogens (tertiary/aromatic N) is 1. The number of aliphatic hydroxyl groups excluding tert-OH is 3. The Morgan fingerprint density at radius 1 is 0.923 bits per heavy atom. The number of carbonyl (C=O) groups is 1. The summed E-state index contributed by atoms with van der Waals surface area (Å²) in [5.41, 5.74) is -4.45. The lowest BCUT2D eigenvalue weighted by molar-refractivity contribution is -0.318. The summed E-state index contributed by atoms with van der Waals surface area (Å²) in [7, 11) is 7.03. The van der Waals surface area contributed by atoms with Crippen LogP contribution in [-0.4, -0.2) is 155 Å². The Hall–Kier alpha value is -1.01. The number of likely N-dealkylation sites (N-methyl/N-ethyl adjacent to an activating group) is 1. The molecule has 3 aliphatic heterocycles. The Kier molecular flexibility index (Phi) is 15.6. The van der Waals surface area contributed by atoms with Crippen molar-refractivity contribution in [3.8, 4) is 0 Å². The molecule has 0 radical (unpaired) electrons. The molecule has 0 saturated carbocycles. The van der Waals surface area contributed by atoms with Crippen molar-refractivity contribution in [2.75, 3.05) is 28.3 Å². The van der Waals surface area contributed by atoms with Crippen LogP contribution >= 0.6 is 0 Å². The Labute approximate surface area is 311 Å². The summed E-state index contributed by atoms with van der Waals surface area (Å²) in [5.74, 6) is -3.26. The van der Waals surface area contributed by atoms with Crippen molar-refractivity contribution in [1.29, 1.82) is 0 Å². The first kappa shape index (κ1) is 45.4. The van der Waals surface area contributed by atoms with Crippen LogP contribution in [0.4, 0.5) is 0 Å². The Balaban J connectivity index is 2.20. The molecule has 14 heteroatoms. The summed E-state index contributed by atoms with van der Waals surface area (Å²) in [4.78, 5) is 16.1. The van der Waals surface area contributed by atoms with Gasteiger partial charge >= 0.3 is 5.97 Å². The molecule has 0 bridgehead atoms. The second-order valence-electron chi connectivity index (χ2n) is 17.0. The van der Waals surface area contributed by atoms with Crippen LogP contribution in [0, 0.1) is 23.7 Å². The summed E-state index contributed by atoms with van der Waals surface area (Å²) in [6, 6.07) is -0.673. The van der Waals surface area contributed by atoms with Gasteiger partial charge in [0, 0.05) is 37.5 Å².